The molecule has 2 N–H and O–H groups in total. The summed E-state index contributed by atoms with van der Waals surface area (Å²) in [5.74, 6) is -0.708. The number of nitrogens with zero attached hydrogens (tertiary/aromatic N) is 1. The molecule has 1 unspecified atom stereocenters. The maximum absolute atomic E-state index is 12.1. The van der Waals surface area contributed by atoms with Crippen molar-refractivity contribution >= 4 is 5.91 Å². The highest BCUT2D eigenvalue weighted by Crippen LogP contribution is 2.34. The first-order valence-electron chi connectivity index (χ1n) is 6.26. The molecule has 1 aliphatic rings. The summed E-state index contributed by atoms with van der Waals surface area (Å²) in [5.41, 5.74) is -1.25. The van der Waals surface area contributed by atoms with E-state index in [1.807, 2.05) is 11.4 Å². The van der Waals surface area contributed by atoms with Crippen LogP contribution in [0.4, 0.5) is 13.2 Å². The SMILES string of the molecule is N#CC1(C(=O)NCC(O)C(F)(F)F)CCCCCC1. The van der Waals surface area contributed by atoms with Crippen LogP contribution < -0.4 is 5.32 Å². The standard InChI is InChI=1S/C12H17F3N2O2/c13-12(14,15)9(18)7-17-10(19)11(8-16)5-3-1-2-4-6-11/h9,18H,1-7H2,(H,17,19). The number of aliphatic hydroxyl groups is 1. The molecule has 0 aromatic rings. The quantitative estimate of drug-likeness (QED) is 0.774. The second kappa shape index (κ2) is 6.24. The highest BCUT2D eigenvalue weighted by Gasteiger charge is 2.42. The lowest BCUT2D eigenvalue weighted by molar-refractivity contribution is -0.202. The molecule has 0 aliphatic heterocycles. The van der Waals surface area contributed by atoms with Crippen molar-refractivity contribution in [3.8, 4) is 6.07 Å². The second-order valence-electron chi connectivity index (χ2n) is 4.88. The Bertz CT molecular complexity index is 355. The van der Waals surface area contributed by atoms with Gasteiger partial charge in [0.1, 0.15) is 5.41 Å². The van der Waals surface area contributed by atoms with Gasteiger partial charge in [-0.2, -0.15) is 18.4 Å². The topological polar surface area (TPSA) is 73.1 Å². The minimum Gasteiger partial charge on any atom is -0.382 e. The van der Waals surface area contributed by atoms with E-state index in [1.54, 1.807) is 0 Å². The molecule has 1 amide bonds. The molecule has 1 fully saturated rings. The monoisotopic (exact) mass is 278 g/mol. The van der Waals surface area contributed by atoms with Gasteiger partial charge in [0.15, 0.2) is 6.10 Å². The van der Waals surface area contributed by atoms with Gasteiger partial charge in [-0.1, -0.05) is 25.7 Å². The zero-order chi connectivity index (χ0) is 14.5. The molecule has 1 aliphatic carbocycles. The predicted octanol–water partition coefficient (Wildman–Crippen LogP) is 1.89. The van der Waals surface area contributed by atoms with Gasteiger partial charge < -0.3 is 10.4 Å². The smallest absolute Gasteiger partial charge is 0.382 e. The van der Waals surface area contributed by atoms with Crippen LogP contribution in [0.5, 0.6) is 0 Å². The molecule has 0 heterocycles. The summed E-state index contributed by atoms with van der Waals surface area (Å²) in [5, 5.41) is 20.0. The minimum atomic E-state index is -4.77. The van der Waals surface area contributed by atoms with E-state index in [0.717, 1.165) is 12.8 Å². The minimum absolute atomic E-state index is 0.359. The zero-order valence-corrected chi connectivity index (χ0v) is 10.5. The predicted molar refractivity (Wildman–Crippen MR) is 60.8 cm³/mol. The highest BCUT2D eigenvalue weighted by molar-refractivity contribution is 5.85. The fourth-order valence-corrected chi connectivity index (χ4v) is 2.20. The average molecular weight is 278 g/mol. The number of rotatable bonds is 3. The number of halogens is 3. The fraction of sp³-hybridized carbons (Fsp3) is 0.833. The van der Waals surface area contributed by atoms with Crippen molar-refractivity contribution < 1.29 is 23.1 Å². The molecule has 7 heteroatoms. The molecule has 1 saturated carbocycles. The van der Waals surface area contributed by atoms with Crippen LogP contribution in [0.2, 0.25) is 0 Å². The van der Waals surface area contributed by atoms with E-state index in [4.69, 9.17) is 10.4 Å². The molecular weight excluding hydrogens is 261 g/mol. The number of hydrogen-bond donors (Lipinski definition) is 2. The van der Waals surface area contributed by atoms with Gasteiger partial charge in [-0.25, -0.2) is 0 Å². The maximum atomic E-state index is 12.1. The molecule has 0 spiro atoms. The Balaban J connectivity index is 2.62. The van der Waals surface area contributed by atoms with E-state index in [0.29, 0.717) is 25.7 Å². The van der Waals surface area contributed by atoms with Crippen molar-refractivity contribution in [1.29, 1.82) is 5.26 Å². The maximum Gasteiger partial charge on any atom is 0.416 e. The molecule has 0 aromatic heterocycles. The van der Waals surface area contributed by atoms with Gasteiger partial charge in [0.2, 0.25) is 5.91 Å². The van der Waals surface area contributed by atoms with Gasteiger partial charge in [-0.15, -0.1) is 0 Å². The van der Waals surface area contributed by atoms with Crippen molar-refractivity contribution in [2.75, 3.05) is 6.54 Å². The van der Waals surface area contributed by atoms with Crippen LogP contribution in [0.1, 0.15) is 38.5 Å². The Kier molecular flexibility index (Phi) is 5.18. The third-order valence-corrected chi connectivity index (χ3v) is 3.44. The molecule has 0 aromatic carbocycles. The van der Waals surface area contributed by atoms with Gasteiger partial charge in [0.05, 0.1) is 12.6 Å². The summed E-state index contributed by atoms with van der Waals surface area (Å²) < 4.78 is 36.4. The molecule has 19 heavy (non-hydrogen) atoms. The molecule has 0 radical (unpaired) electrons. The first-order valence-corrected chi connectivity index (χ1v) is 6.26. The number of carbonyl (C=O) groups is 1. The molecule has 108 valence electrons. The number of nitrogens with one attached hydrogen (secondary N) is 1. The van der Waals surface area contributed by atoms with E-state index in [-0.39, 0.29) is 0 Å². The van der Waals surface area contributed by atoms with E-state index in [1.165, 1.54) is 0 Å². The number of carbonyl (C=O) groups excluding carboxylic acids is 1. The van der Waals surface area contributed by atoms with Gasteiger partial charge >= 0.3 is 6.18 Å². The highest BCUT2D eigenvalue weighted by atomic mass is 19.4. The number of aliphatic hydroxyl groups excluding tert-OH is 1. The van der Waals surface area contributed by atoms with Crippen LogP contribution in [-0.2, 0) is 4.79 Å². The van der Waals surface area contributed by atoms with E-state index in [9.17, 15) is 18.0 Å². The Labute approximate surface area is 109 Å². The van der Waals surface area contributed by atoms with Crippen molar-refractivity contribution in [1.82, 2.24) is 5.32 Å². The second-order valence-corrected chi connectivity index (χ2v) is 4.88. The molecule has 0 saturated heterocycles. The van der Waals surface area contributed by atoms with E-state index in [2.05, 4.69) is 0 Å². The van der Waals surface area contributed by atoms with Crippen LogP contribution >= 0.6 is 0 Å². The summed E-state index contributed by atoms with van der Waals surface area (Å²) in [6.45, 7) is -0.911. The lowest BCUT2D eigenvalue weighted by Crippen LogP contribution is -2.46. The van der Waals surface area contributed by atoms with Crippen LogP contribution in [0.25, 0.3) is 0 Å². The van der Waals surface area contributed by atoms with Gasteiger partial charge in [0, 0.05) is 0 Å². The normalized spacial score (nSPS) is 21.0. The van der Waals surface area contributed by atoms with Crippen LogP contribution in [0, 0.1) is 16.7 Å². The summed E-state index contributed by atoms with van der Waals surface area (Å²) in [4.78, 5) is 11.9. The average Bonchev–Trinajstić information content (AvgIpc) is 2.60. The zero-order valence-electron chi connectivity index (χ0n) is 10.5. The van der Waals surface area contributed by atoms with Crippen LogP contribution in [0.15, 0.2) is 0 Å². The fourth-order valence-electron chi connectivity index (χ4n) is 2.20. The van der Waals surface area contributed by atoms with Crippen molar-refractivity contribution in [2.45, 2.75) is 50.8 Å². The Morgan fingerprint density at radius 1 is 1.32 bits per heavy atom. The van der Waals surface area contributed by atoms with E-state index < -0.39 is 30.1 Å². The van der Waals surface area contributed by atoms with Crippen molar-refractivity contribution in [3.05, 3.63) is 0 Å². The number of nitriles is 1. The molecular formula is C12H17F3N2O2. The van der Waals surface area contributed by atoms with Crippen LogP contribution in [0.3, 0.4) is 0 Å². The van der Waals surface area contributed by atoms with Gasteiger partial charge in [-0.05, 0) is 12.8 Å². The Hall–Kier alpha value is -1.29. The molecule has 1 atom stereocenters. The third kappa shape index (κ3) is 4.10. The Morgan fingerprint density at radius 2 is 1.84 bits per heavy atom. The summed E-state index contributed by atoms with van der Waals surface area (Å²) in [6, 6.07) is 1.94. The number of hydrogen-bond acceptors (Lipinski definition) is 3. The van der Waals surface area contributed by atoms with Gasteiger partial charge in [0.25, 0.3) is 0 Å². The summed E-state index contributed by atoms with van der Waals surface area (Å²) >= 11 is 0. The lowest BCUT2D eigenvalue weighted by Gasteiger charge is -2.24. The molecule has 4 nitrogen and oxygen atoms in total. The largest absolute Gasteiger partial charge is 0.416 e. The lowest BCUT2D eigenvalue weighted by atomic mass is 9.81. The Morgan fingerprint density at radius 3 is 2.26 bits per heavy atom. The van der Waals surface area contributed by atoms with Gasteiger partial charge in [-0.3, -0.25) is 4.79 Å². The van der Waals surface area contributed by atoms with Crippen molar-refractivity contribution in [3.63, 3.8) is 0 Å². The first kappa shape index (κ1) is 15.8. The summed E-state index contributed by atoms with van der Waals surface area (Å²) in [7, 11) is 0. The van der Waals surface area contributed by atoms with E-state index >= 15 is 0 Å². The first-order chi connectivity index (χ1) is 8.82. The molecule has 1 rings (SSSR count). The molecule has 0 bridgehead atoms. The van der Waals surface area contributed by atoms with Crippen molar-refractivity contribution in [2.24, 2.45) is 5.41 Å². The van der Waals surface area contributed by atoms with Crippen LogP contribution in [-0.4, -0.2) is 29.8 Å². The third-order valence-electron chi connectivity index (χ3n) is 3.44. The number of amides is 1. The number of alkyl halides is 3. The summed E-state index contributed by atoms with van der Waals surface area (Å²) in [6.07, 6.45) is -3.39.